The van der Waals surface area contributed by atoms with Crippen LogP contribution in [0.5, 0.6) is 0 Å². The van der Waals surface area contributed by atoms with Crippen LogP contribution in [0.15, 0.2) is 36.4 Å². The highest BCUT2D eigenvalue weighted by atomic mass is 16.2. The lowest BCUT2D eigenvalue weighted by atomic mass is 10.1. The van der Waals surface area contributed by atoms with Gasteiger partial charge in [-0.25, -0.2) is 0 Å². The molecular weight excluding hydrogens is 244 g/mol. The van der Waals surface area contributed by atoms with Gasteiger partial charge in [0.1, 0.15) is 6.04 Å². The van der Waals surface area contributed by atoms with Crippen LogP contribution in [0.1, 0.15) is 18.4 Å². The average molecular weight is 258 g/mol. The SMILES string of the molecule is O=C(/C=C/c1ccccc1)N[C@H]1CCC(=O)NC1=O. The summed E-state index contributed by atoms with van der Waals surface area (Å²) in [4.78, 5) is 34.0. The third-order valence-electron chi connectivity index (χ3n) is 2.78. The molecule has 19 heavy (non-hydrogen) atoms. The molecule has 1 aromatic rings. The highest BCUT2D eigenvalue weighted by Crippen LogP contribution is 2.05. The number of imide groups is 1. The minimum Gasteiger partial charge on any atom is -0.341 e. The second kappa shape index (κ2) is 5.95. The first-order valence-electron chi connectivity index (χ1n) is 6.02. The van der Waals surface area contributed by atoms with E-state index in [0.29, 0.717) is 6.42 Å². The van der Waals surface area contributed by atoms with Crippen LogP contribution in [0.25, 0.3) is 6.08 Å². The molecule has 2 rings (SSSR count). The fourth-order valence-corrected chi connectivity index (χ4v) is 1.79. The Balaban J connectivity index is 1.89. The molecule has 5 heteroatoms. The van der Waals surface area contributed by atoms with E-state index in [-0.39, 0.29) is 18.2 Å². The maximum atomic E-state index is 11.6. The van der Waals surface area contributed by atoms with E-state index >= 15 is 0 Å². The molecule has 1 atom stereocenters. The van der Waals surface area contributed by atoms with Crippen molar-refractivity contribution in [1.29, 1.82) is 0 Å². The molecule has 1 fully saturated rings. The Labute approximate surface area is 110 Å². The zero-order valence-corrected chi connectivity index (χ0v) is 10.3. The molecule has 5 nitrogen and oxygen atoms in total. The van der Waals surface area contributed by atoms with Crippen molar-refractivity contribution in [3.8, 4) is 0 Å². The molecule has 1 heterocycles. The number of amides is 3. The van der Waals surface area contributed by atoms with Crippen molar-refractivity contribution in [1.82, 2.24) is 10.6 Å². The van der Waals surface area contributed by atoms with Crippen molar-refractivity contribution < 1.29 is 14.4 Å². The summed E-state index contributed by atoms with van der Waals surface area (Å²) in [7, 11) is 0. The zero-order valence-electron chi connectivity index (χ0n) is 10.3. The summed E-state index contributed by atoms with van der Waals surface area (Å²) in [6.07, 6.45) is 3.63. The summed E-state index contributed by atoms with van der Waals surface area (Å²) in [5, 5.41) is 4.76. The standard InChI is InChI=1S/C14H14N2O3/c17-12(8-6-10-4-2-1-3-5-10)15-11-7-9-13(18)16-14(11)19/h1-6,8,11H,7,9H2,(H,15,17)(H,16,18,19)/b8-6+/t11-/m0/s1. The molecule has 3 amide bonds. The van der Waals surface area contributed by atoms with Crippen LogP contribution >= 0.6 is 0 Å². The number of benzene rings is 1. The summed E-state index contributed by atoms with van der Waals surface area (Å²) >= 11 is 0. The van der Waals surface area contributed by atoms with Crippen LogP contribution in [-0.4, -0.2) is 23.8 Å². The van der Waals surface area contributed by atoms with E-state index in [2.05, 4.69) is 10.6 Å². The van der Waals surface area contributed by atoms with Gasteiger partial charge in [0.25, 0.3) is 0 Å². The molecule has 1 aliphatic rings. The van der Waals surface area contributed by atoms with Crippen molar-refractivity contribution in [2.24, 2.45) is 0 Å². The number of rotatable bonds is 3. The molecular formula is C14H14N2O3. The first-order chi connectivity index (χ1) is 9.15. The molecule has 0 aromatic heterocycles. The summed E-state index contributed by atoms with van der Waals surface area (Å²) in [6, 6.07) is 8.74. The van der Waals surface area contributed by atoms with E-state index in [9.17, 15) is 14.4 Å². The van der Waals surface area contributed by atoms with Gasteiger partial charge < -0.3 is 5.32 Å². The number of hydrogen-bond donors (Lipinski definition) is 2. The summed E-state index contributed by atoms with van der Waals surface area (Å²) < 4.78 is 0. The van der Waals surface area contributed by atoms with Crippen LogP contribution in [0.4, 0.5) is 0 Å². The Kier molecular flexibility index (Phi) is 4.07. The van der Waals surface area contributed by atoms with Crippen molar-refractivity contribution in [3.05, 3.63) is 42.0 Å². The number of carbonyl (C=O) groups excluding carboxylic acids is 3. The smallest absolute Gasteiger partial charge is 0.249 e. The Hall–Kier alpha value is -2.43. The Morgan fingerprint density at radius 2 is 2.00 bits per heavy atom. The van der Waals surface area contributed by atoms with Crippen molar-refractivity contribution in [2.45, 2.75) is 18.9 Å². The minimum atomic E-state index is -0.634. The Bertz CT molecular complexity index is 523. The van der Waals surface area contributed by atoms with Gasteiger partial charge in [0.15, 0.2) is 0 Å². The first-order valence-corrected chi connectivity index (χ1v) is 6.02. The lowest BCUT2D eigenvalue weighted by molar-refractivity contribution is -0.136. The van der Waals surface area contributed by atoms with Crippen molar-refractivity contribution >= 4 is 23.8 Å². The fraction of sp³-hybridized carbons (Fsp3) is 0.214. The Morgan fingerprint density at radius 3 is 2.68 bits per heavy atom. The molecule has 1 aromatic carbocycles. The average Bonchev–Trinajstić information content (AvgIpc) is 2.41. The Morgan fingerprint density at radius 1 is 1.26 bits per heavy atom. The first kappa shape index (κ1) is 13.0. The quantitative estimate of drug-likeness (QED) is 0.616. The maximum absolute atomic E-state index is 11.6. The van der Waals surface area contributed by atoms with Gasteiger partial charge in [-0.05, 0) is 18.1 Å². The van der Waals surface area contributed by atoms with Crippen LogP contribution in [0, 0.1) is 0 Å². The normalized spacial score (nSPS) is 19.3. The highest BCUT2D eigenvalue weighted by molar-refractivity contribution is 6.03. The van der Waals surface area contributed by atoms with Gasteiger partial charge >= 0.3 is 0 Å². The molecule has 0 unspecified atom stereocenters. The van der Waals surface area contributed by atoms with Gasteiger partial charge in [-0.15, -0.1) is 0 Å². The van der Waals surface area contributed by atoms with E-state index in [1.165, 1.54) is 6.08 Å². The van der Waals surface area contributed by atoms with Crippen LogP contribution in [-0.2, 0) is 14.4 Å². The fourth-order valence-electron chi connectivity index (χ4n) is 1.79. The lowest BCUT2D eigenvalue weighted by Gasteiger charge is -2.20. The van der Waals surface area contributed by atoms with Crippen molar-refractivity contribution in [3.63, 3.8) is 0 Å². The molecule has 1 saturated heterocycles. The minimum absolute atomic E-state index is 0.249. The van der Waals surface area contributed by atoms with Gasteiger partial charge in [-0.2, -0.15) is 0 Å². The van der Waals surface area contributed by atoms with Gasteiger partial charge in [0, 0.05) is 12.5 Å². The third-order valence-corrected chi connectivity index (χ3v) is 2.78. The number of hydrogen-bond acceptors (Lipinski definition) is 3. The molecule has 0 aliphatic carbocycles. The number of nitrogens with one attached hydrogen (secondary N) is 2. The molecule has 0 bridgehead atoms. The van der Waals surface area contributed by atoms with Gasteiger partial charge in [0.05, 0.1) is 0 Å². The highest BCUT2D eigenvalue weighted by Gasteiger charge is 2.27. The second-order valence-electron chi connectivity index (χ2n) is 4.26. The van der Waals surface area contributed by atoms with Crippen LogP contribution in [0.2, 0.25) is 0 Å². The summed E-state index contributed by atoms with van der Waals surface area (Å²) in [5.74, 6) is -1.09. The topological polar surface area (TPSA) is 75.3 Å². The number of carbonyl (C=O) groups is 3. The largest absolute Gasteiger partial charge is 0.341 e. The van der Waals surface area contributed by atoms with E-state index < -0.39 is 11.9 Å². The molecule has 1 aliphatic heterocycles. The predicted molar refractivity (Wildman–Crippen MR) is 69.8 cm³/mol. The van der Waals surface area contributed by atoms with E-state index in [0.717, 1.165) is 5.56 Å². The predicted octanol–water partition coefficient (Wildman–Crippen LogP) is 0.621. The van der Waals surface area contributed by atoms with Gasteiger partial charge in [0.2, 0.25) is 17.7 Å². The van der Waals surface area contributed by atoms with Crippen LogP contribution in [0.3, 0.4) is 0 Å². The molecule has 2 N–H and O–H groups in total. The maximum Gasteiger partial charge on any atom is 0.249 e. The number of piperidine rings is 1. The monoisotopic (exact) mass is 258 g/mol. The summed E-state index contributed by atoms with van der Waals surface area (Å²) in [6.45, 7) is 0. The molecule has 0 saturated carbocycles. The molecule has 0 radical (unpaired) electrons. The van der Waals surface area contributed by atoms with Gasteiger partial charge in [-0.3, -0.25) is 19.7 Å². The van der Waals surface area contributed by atoms with E-state index in [4.69, 9.17) is 0 Å². The summed E-state index contributed by atoms with van der Waals surface area (Å²) in [5.41, 5.74) is 0.904. The third kappa shape index (κ3) is 3.77. The van der Waals surface area contributed by atoms with Gasteiger partial charge in [-0.1, -0.05) is 30.3 Å². The van der Waals surface area contributed by atoms with E-state index in [1.54, 1.807) is 6.08 Å². The van der Waals surface area contributed by atoms with Crippen molar-refractivity contribution in [2.75, 3.05) is 0 Å². The molecule has 0 spiro atoms. The second-order valence-corrected chi connectivity index (χ2v) is 4.26. The zero-order chi connectivity index (χ0) is 13.7. The molecule has 98 valence electrons. The van der Waals surface area contributed by atoms with Crippen LogP contribution < -0.4 is 10.6 Å². The van der Waals surface area contributed by atoms with E-state index in [1.807, 2.05) is 30.3 Å². The lowest BCUT2D eigenvalue weighted by Crippen LogP contribution is -2.51.